The van der Waals surface area contributed by atoms with Crippen LogP contribution in [-0.4, -0.2) is 11.8 Å². The molecule has 2 rings (SSSR count). The summed E-state index contributed by atoms with van der Waals surface area (Å²) in [6.07, 6.45) is 0. The number of thioether (sulfide) groups is 1. The fourth-order valence-electron chi connectivity index (χ4n) is 2.57. The predicted molar refractivity (Wildman–Crippen MR) is 72.7 cm³/mol. The van der Waals surface area contributed by atoms with E-state index in [1.807, 2.05) is 6.92 Å². The Balaban J connectivity index is 2.45. The molecule has 0 fully saturated rings. The molecular formula is C14H19F2NS. The van der Waals surface area contributed by atoms with Crippen LogP contribution in [0.1, 0.15) is 37.9 Å². The lowest BCUT2D eigenvalue weighted by molar-refractivity contribution is 0.428. The molecule has 1 aliphatic rings. The van der Waals surface area contributed by atoms with Crippen LogP contribution >= 0.6 is 11.8 Å². The highest BCUT2D eigenvalue weighted by atomic mass is 32.2. The van der Waals surface area contributed by atoms with Gasteiger partial charge in [-0.1, -0.05) is 20.8 Å². The monoisotopic (exact) mass is 271 g/mol. The lowest BCUT2D eigenvalue weighted by atomic mass is 9.92. The molecule has 1 nitrogen and oxygen atoms in total. The van der Waals surface area contributed by atoms with Crippen molar-refractivity contribution in [2.45, 2.75) is 37.8 Å². The average molecular weight is 271 g/mol. The van der Waals surface area contributed by atoms with Crippen LogP contribution < -0.4 is 5.32 Å². The third-order valence-electron chi connectivity index (χ3n) is 3.33. The van der Waals surface area contributed by atoms with Crippen LogP contribution in [0.2, 0.25) is 0 Å². The Kier molecular flexibility index (Phi) is 4.28. The van der Waals surface area contributed by atoms with E-state index in [2.05, 4.69) is 19.2 Å². The van der Waals surface area contributed by atoms with Crippen LogP contribution in [0.4, 0.5) is 8.78 Å². The zero-order chi connectivity index (χ0) is 13.3. The van der Waals surface area contributed by atoms with Crippen molar-refractivity contribution in [2.24, 2.45) is 5.92 Å². The number of fused-ring (bicyclic) bond motifs is 1. The molecule has 0 spiro atoms. The summed E-state index contributed by atoms with van der Waals surface area (Å²) in [5.74, 6) is 0.248. The Labute approximate surface area is 111 Å². The Morgan fingerprint density at radius 2 is 2.11 bits per heavy atom. The third-order valence-corrected chi connectivity index (χ3v) is 5.01. The van der Waals surface area contributed by atoms with Crippen LogP contribution in [0.25, 0.3) is 0 Å². The summed E-state index contributed by atoms with van der Waals surface area (Å²) in [7, 11) is 0. The van der Waals surface area contributed by atoms with Gasteiger partial charge in [0, 0.05) is 28.7 Å². The van der Waals surface area contributed by atoms with Gasteiger partial charge in [-0.15, -0.1) is 0 Å². The van der Waals surface area contributed by atoms with Crippen LogP contribution in [0.15, 0.2) is 12.1 Å². The first kappa shape index (κ1) is 13.8. The summed E-state index contributed by atoms with van der Waals surface area (Å²) in [5, 5.41) is 3.68. The molecule has 0 saturated heterocycles. The summed E-state index contributed by atoms with van der Waals surface area (Å²) in [6, 6.07) is 2.44. The molecule has 1 heterocycles. The molecule has 1 aliphatic heterocycles. The SMILES string of the molecule is CCNC1c2c(F)cc(F)cc2CSC1C(C)C. The highest BCUT2D eigenvalue weighted by Gasteiger charge is 2.34. The van der Waals surface area contributed by atoms with E-state index in [1.54, 1.807) is 11.8 Å². The van der Waals surface area contributed by atoms with Gasteiger partial charge in [-0.3, -0.25) is 0 Å². The highest BCUT2D eigenvalue weighted by molar-refractivity contribution is 7.99. The van der Waals surface area contributed by atoms with Crippen molar-refractivity contribution in [3.05, 3.63) is 34.9 Å². The molecule has 18 heavy (non-hydrogen) atoms. The van der Waals surface area contributed by atoms with Crippen molar-refractivity contribution < 1.29 is 8.78 Å². The van der Waals surface area contributed by atoms with Crippen molar-refractivity contribution in [1.82, 2.24) is 5.32 Å². The van der Waals surface area contributed by atoms with Gasteiger partial charge >= 0.3 is 0 Å². The van der Waals surface area contributed by atoms with E-state index in [1.165, 1.54) is 6.07 Å². The van der Waals surface area contributed by atoms with Gasteiger partial charge in [0.15, 0.2) is 0 Å². The van der Waals surface area contributed by atoms with E-state index >= 15 is 0 Å². The maximum atomic E-state index is 14.1. The van der Waals surface area contributed by atoms with E-state index in [0.29, 0.717) is 22.5 Å². The summed E-state index contributed by atoms with van der Waals surface area (Å²) in [6.45, 7) is 7.09. The molecule has 4 heteroatoms. The van der Waals surface area contributed by atoms with Gasteiger partial charge < -0.3 is 5.32 Å². The number of hydrogen-bond donors (Lipinski definition) is 1. The molecule has 1 N–H and O–H groups in total. The smallest absolute Gasteiger partial charge is 0.131 e. The largest absolute Gasteiger partial charge is 0.309 e. The highest BCUT2D eigenvalue weighted by Crippen LogP contribution is 2.42. The minimum atomic E-state index is -0.481. The van der Waals surface area contributed by atoms with E-state index in [-0.39, 0.29) is 6.04 Å². The van der Waals surface area contributed by atoms with E-state index in [0.717, 1.165) is 18.2 Å². The van der Waals surface area contributed by atoms with Gasteiger partial charge in [0.2, 0.25) is 0 Å². The topological polar surface area (TPSA) is 12.0 Å². The van der Waals surface area contributed by atoms with Gasteiger partial charge in [-0.25, -0.2) is 8.78 Å². The minimum Gasteiger partial charge on any atom is -0.309 e. The first-order valence-corrected chi connectivity index (χ1v) is 7.42. The Morgan fingerprint density at radius 3 is 2.72 bits per heavy atom. The zero-order valence-electron chi connectivity index (χ0n) is 11.0. The molecule has 100 valence electrons. The van der Waals surface area contributed by atoms with E-state index < -0.39 is 11.6 Å². The molecular weight excluding hydrogens is 252 g/mol. The summed E-state index contributed by atoms with van der Waals surface area (Å²) >= 11 is 1.78. The first-order chi connectivity index (χ1) is 8.54. The van der Waals surface area contributed by atoms with E-state index in [4.69, 9.17) is 0 Å². The summed E-state index contributed by atoms with van der Waals surface area (Å²) in [4.78, 5) is 0. The van der Waals surface area contributed by atoms with Gasteiger partial charge in [0.25, 0.3) is 0 Å². The second kappa shape index (κ2) is 5.57. The summed E-state index contributed by atoms with van der Waals surface area (Å²) in [5.41, 5.74) is 1.45. The molecule has 1 aromatic carbocycles. The predicted octanol–water partition coefficient (Wildman–Crippen LogP) is 3.89. The van der Waals surface area contributed by atoms with Gasteiger partial charge in [0.05, 0.1) is 0 Å². The quantitative estimate of drug-likeness (QED) is 0.895. The molecule has 1 aromatic rings. The Morgan fingerprint density at radius 1 is 1.39 bits per heavy atom. The number of halogens is 2. The normalized spacial score (nSPS) is 23.2. The van der Waals surface area contributed by atoms with Crippen molar-refractivity contribution in [3.63, 3.8) is 0 Å². The van der Waals surface area contributed by atoms with E-state index in [9.17, 15) is 8.78 Å². The van der Waals surface area contributed by atoms with Gasteiger partial charge in [-0.2, -0.15) is 11.8 Å². The second-order valence-electron chi connectivity index (χ2n) is 5.02. The molecule has 0 amide bonds. The van der Waals surface area contributed by atoms with Gasteiger partial charge in [-0.05, 0) is 24.1 Å². The molecule has 0 aliphatic carbocycles. The van der Waals surface area contributed by atoms with Crippen LogP contribution in [-0.2, 0) is 5.75 Å². The zero-order valence-corrected chi connectivity index (χ0v) is 11.8. The Bertz CT molecular complexity index is 434. The number of hydrogen-bond acceptors (Lipinski definition) is 2. The molecule has 0 aromatic heterocycles. The minimum absolute atomic E-state index is 0.0238. The average Bonchev–Trinajstić information content (AvgIpc) is 2.28. The number of rotatable bonds is 3. The van der Waals surface area contributed by atoms with Crippen LogP contribution in [0, 0.1) is 17.6 Å². The fourth-order valence-corrected chi connectivity index (χ4v) is 3.99. The lowest BCUT2D eigenvalue weighted by Gasteiger charge is -2.36. The second-order valence-corrected chi connectivity index (χ2v) is 6.18. The maximum Gasteiger partial charge on any atom is 0.131 e. The van der Waals surface area contributed by atoms with Crippen molar-refractivity contribution in [1.29, 1.82) is 0 Å². The van der Waals surface area contributed by atoms with Crippen molar-refractivity contribution in [3.8, 4) is 0 Å². The van der Waals surface area contributed by atoms with Crippen LogP contribution in [0.3, 0.4) is 0 Å². The van der Waals surface area contributed by atoms with Gasteiger partial charge in [0.1, 0.15) is 11.6 Å². The lowest BCUT2D eigenvalue weighted by Crippen LogP contribution is -2.37. The van der Waals surface area contributed by atoms with Crippen molar-refractivity contribution >= 4 is 11.8 Å². The van der Waals surface area contributed by atoms with Crippen molar-refractivity contribution in [2.75, 3.05) is 6.54 Å². The Hall–Kier alpha value is -0.610. The number of benzene rings is 1. The first-order valence-electron chi connectivity index (χ1n) is 6.37. The molecule has 2 atom stereocenters. The summed E-state index contributed by atoms with van der Waals surface area (Å²) < 4.78 is 27.3. The maximum absolute atomic E-state index is 14.1. The fraction of sp³-hybridized carbons (Fsp3) is 0.571. The molecule has 2 unspecified atom stereocenters. The van der Waals surface area contributed by atoms with Crippen LogP contribution in [0.5, 0.6) is 0 Å². The molecule has 0 bridgehead atoms. The standard InChI is InChI=1S/C14H19F2NS/c1-4-17-13-12-9(5-10(15)6-11(12)16)7-18-14(13)8(2)3/h5-6,8,13-14,17H,4,7H2,1-3H3. The molecule has 0 radical (unpaired) electrons. The molecule has 0 saturated carbocycles. The number of nitrogens with one attached hydrogen (secondary N) is 1. The third kappa shape index (κ3) is 2.54.